The molecule has 0 saturated carbocycles. The summed E-state index contributed by atoms with van der Waals surface area (Å²) in [5.74, 6) is 3.04. The van der Waals surface area contributed by atoms with Gasteiger partial charge in [0.1, 0.15) is 0 Å². The van der Waals surface area contributed by atoms with Crippen LogP contribution in [0.2, 0.25) is 0 Å². The van der Waals surface area contributed by atoms with Crippen LogP contribution in [0.5, 0.6) is 0 Å². The Balaban J connectivity index is 1.74. The molecule has 2 rings (SSSR count). The van der Waals surface area contributed by atoms with E-state index in [-0.39, 0.29) is 11.7 Å². The van der Waals surface area contributed by atoms with Crippen LogP contribution in [-0.2, 0) is 4.74 Å². The summed E-state index contributed by atoms with van der Waals surface area (Å²) in [6, 6.07) is 0.527. The van der Waals surface area contributed by atoms with Gasteiger partial charge in [-0.15, -0.1) is 0 Å². The van der Waals surface area contributed by atoms with Gasteiger partial charge in [0.2, 0.25) is 0 Å². The summed E-state index contributed by atoms with van der Waals surface area (Å²) in [6.07, 6.45) is 5.29. The number of hydrogen-bond donors (Lipinski definition) is 2. The van der Waals surface area contributed by atoms with Gasteiger partial charge in [-0.1, -0.05) is 13.8 Å². The van der Waals surface area contributed by atoms with Crippen molar-refractivity contribution < 1.29 is 9.84 Å². The van der Waals surface area contributed by atoms with Crippen LogP contribution in [0.25, 0.3) is 0 Å². The van der Waals surface area contributed by atoms with Crippen molar-refractivity contribution in [3.63, 3.8) is 0 Å². The van der Waals surface area contributed by atoms with E-state index in [0.29, 0.717) is 12.0 Å². The van der Waals surface area contributed by atoms with Gasteiger partial charge in [-0.05, 0) is 49.5 Å². The first-order valence-corrected chi connectivity index (χ1v) is 8.88. The van der Waals surface area contributed by atoms with Crippen LogP contribution in [-0.4, -0.2) is 47.5 Å². The molecule has 19 heavy (non-hydrogen) atoms. The zero-order chi connectivity index (χ0) is 13.7. The first-order chi connectivity index (χ1) is 9.10. The van der Waals surface area contributed by atoms with Gasteiger partial charge in [-0.2, -0.15) is 11.8 Å². The minimum atomic E-state index is -0.208. The Morgan fingerprint density at radius 1 is 1.37 bits per heavy atom. The van der Waals surface area contributed by atoms with Gasteiger partial charge < -0.3 is 15.2 Å². The summed E-state index contributed by atoms with van der Waals surface area (Å²) in [7, 11) is 0. The fourth-order valence-corrected chi connectivity index (χ4v) is 4.46. The predicted octanol–water partition coefficient (Wildman–Crippen LogP) is 2.43. The number of aliphatic hydroxyl groups excluding tert-OH is 1. The van der Waals surface area contributed by atoms with E-state index in [1.54, 1.807) is 0 Å². The molecule has 1 spiro atoms. The van der Waals surface area contributed by atoms with Gasteiger partial charge in [0.25, 0.3) is 0 Å². The van der Waals surface area contributed by atoms with Crippen molar-refractivity contribution in [1.82, 2.24) is 5.32 Å². The Labute approximate surface area is 121 Å². The number of hydrogen-bond acceptors (Lipinski definition) is 4. The Kier molecular flexibility index (Phi) is 6.00. The third-order valence-electron chi connectivity index (χ3n) is 4.28. The quantitative estimate of drug-likeness (QED) is 0.815. The third-order valence-corrected chi connectivity index (χ3v) is 5.27. The molecule has 0 aromatic carbocycles. The van der Waals surface area contributed by atoms with E-state index in [2.05, 4.69) is 19.2 Å². The maximum absolute atomic E-state index is 9.95. The first-order valence-electron chi connectivity index (χ1n) is 7.73. The summed E-state index contributed by atoms with van der Waals surface area (Å²) in [6.45, 7) is 5.93. The third kappa shape index (κ3) is 4.92. The Bertz CT molecular complexity index is 261. The topological polar surface area (TPSA) is 41.5 Å². The largest absolute Gasteiger partial charge is 0.392 e. The molecule has 0 aromatic rings. The second kappa shape index (κ2) is 7.30. The number of aliphatic hydroxyl groups is 1. The molecular formula is C15H29NO2S. The number of nitrogens with one attached hydrogen (secondary N) is 1. The Morgan fingerprint density at radius 3 is 2.79 bits per heavy atom. The van der Waals surface area contributed by atoms with Crippen molar-refractivity contribution >= 4 is 11.8 Å². The van der Waals surface area contributed by atoms with Crippen LogP contribution in [0.3, 0.4) is 0 Å². The lowest BCUT2D eigenvalue weighted by Gasteiger charge is -2.43. The minimum absolute atomic E-state index is 0.143. The van der Waals surface area contributed by atoms with E-state index in [9.17, 15) is 5.11 Å². The smallest absolute Gasteiger partial charge is 0.0713 e. The van der Waals surface area contributed by atoms with Gasteiger partial charge in [-0.25, -0.2) is 0 Å². The zero-order valence-corrected chi connectivity index (χ0v) is 13.2. The molecule has 0 amide bonds. The van der Waals surface area contributed by atoms with E-state index in [0.717, 1.165) is 32.4 Å². The lowest BCUT2D eigenvalue weighted by atomic mass is 9.85. The zero-order valence-electron chi connectivity index (χ0n) is 12.4. The fraction of sp³-hybridized carbons (Fsp3) is 1.00. The molecule has 2 fully saturated rings. The summed E-state index contributed by atoms with van der Waals surface area (Å²) >= 11 is 2.05. The van der Waals surface area contributed by atoms with Crippen LogP contribution >= 0.6 is 11.8 Å². The highest BCUT2D eigenvalue weighted by Gasteiger charge is 2.38. The predicted molar refractivity (Wildman–Crippen MR) is 81.7 cm³/mol. The molecule has 2 atom stereocenters. The average molecular weight is 287 g/mol. The minimum Gasteiger partial charge on any atom is -0.392 e. The molecule has 2 unspecified atom stereocenters. The highest BCUT2D eigenvalue weighted by atomic mass is 32.2. The van der Waals surface area contributed by atoms with Gasteiger partial charge in [0.15, 0.2) is 0 Å². The van der Waals surface area contributed by atoms with Crippen molar-refractivity contribution in [3.05, 3.63) is 0 Å². The molecular weight excluding hydrogens is 258 g/mol. The van der Waals surface area contributed by atoms with E-state index in [4.69, 9.17) is 4.74 Å². The molecule has 3 nitrogen and oxygen atoms in total. The van der Waals surface area contributed by atoms with Crippen molar-refractivity contribution in [3.8, 4) is 0 Å². The van der Waals surface area contributed by atoms with E-state index < -0.39 is 0 Å². The van der Waals surface area contributed by atoms with Crippen LogP contribution < -0.4 is 5.32 Å². The van der Waals surface area contributed by atoms with Crippen LogP contribution in [0, 0.1) is 5.92 Å². The van der Waals surface area contributed by atoms with Crippen LogP contribution in [0.4, 0.5) is 0 Å². The van der Waals surface area contributed by atoms with E-state index >= 15 is 0 Å². The van der Waals surface area contributed by atoms with Gasteiger partial charge >= 0.3 is 0 Å². The molecule has 2 saturated heterocycles. The monoisotopic (exact) mass is 287 g/mol. The number of rotatable bonds is 5. The van der Waals surface area contributed by atoms with E-state index in [1.807, 2.05) is 11.8 Å². The molecule has 0 radical (unpaired) electrons. The Hall–Kier alpha value is 0.230. The van der Waals surface area contributed by atoms with E-state index in [1.165, 1.54) is 24.3 Å². The average Bonchev–Trinajstić information content (AvgIpc) is 2.37. The normalized spacial score (nSPS) is 28.7. The molecule has 2 aliphatic heterocycles. The molecule has 2 N–H and O–H groups in total. The molecule has 0 aliphatic carbocycles. The highest BCUT2D eigenvalue weighted by Crippen LogP contribution is 2.37. The molecule has 0 bridgehead atoms. The van der Waals surface area contributed by atoms with Gasteiger partial charge in [0.05, 0.1) is 11.7 Å². The van der Waals surface area contributed by atoms with Crippen molar-refractivity contribution in [2.24, 2.45) is 5.92 Å². The van der Waals surface area contributed by atoms with Gasteiger partial charge in [0, 0.05) is 19.2 Å². The standard InChI is InChI=1S/C15H29NO2S/c1-12(2)9-14(17)11-16-13-3-6-18-15(10-13)4-7-19-8-5-15/h12-14,16-17H,3-11H2,1-2H3. The lowest BCUT2D eigenvalue weighted by Crippen LogP contribution is -2.50. The summed E-state index contributed by atoms with van der Waals surface area (Å²) < 4.78 is 6.09. The highest BCUT2D eigenvalue weighted by molar-refractivity contribution is 7.99. The fourth-order valence-electron chi connectivity index (χ4n) is 3.22. The van der Waals surface area contributed by atoms with Crippen molar-refractivity contribution in [1.29, 1.82) is 0 Å². The second-order valence-corrected chi connectivity index (χ2v) is 7.75. The summed E-state index contributed by atoms with van der Waals surface area (Å²) in [5, 5.41) is 13.5. The molecule has 4 heteroatoms. The molecule has 112 valence electrons. The van der Waals surface area contributed by atoms with Crippen LogP contribution in [0.15, 0.2) is 0 Å². The maximum atomic E-state index is 9.95. The summed E-state index contributed by atoms with van der Waals surface area (Å²) in [5.41, 5.74) is 0.143. The Morgan fingerprint density at radius 2 is 2.11 bits per heavy atom. The molecule has 2 heterocycles. The summed E-state index contributed by atoms with van der Waals surface area (Å²) in [4.78, 5) is 0. The van der Waals surface area contributed by atoms with Gasteiger partial charge in [-0.3, -0.25) is 0 Å². The number of thioether (sulfide) groups is 1. The SMILES string of the molecule is CC(C)CC(O)CNC1CCOC2(CCSCC2)C1. The molecule has 2 aliphatic rings. The lowest BCUT2D eigenvalue weighted by molar-refractivity contribution is -0.0939. The number of ether oxygens (including phenoxy) is 1. The first kappa shape index (κ1) is 15.6. The van der Waals surface area contributed by atoms with Crippen molar-refractivity contribution in [2.75, 3.05) is 24.7 Å². The molecule has 0 aromatic heterocycles. The van der Waals surface area contributed by atoms with Crippen LogP contribution in [0.1, 0.15) is 46.0 Å². The van der Waals surface area contributed by atoms with Crippen molar-refractivity contribution in [2.45, 2.75) is 63.7 Å². The maximum Gasteiger partial charge on any atom is 0.0713 e. The second-order valence-electron chi connectivity index (χ2n) is 6.53.